The minimum absolute atomic E-state index is 0. The number of carboxylic acids is 2. The third-order valence-corrected chi connectivity index (χ3v) is 5.88. The number of aliphatic imine (C=N–C) groups is 1. The average molecular weight is 639 g/mol. The first-order valence-corrected chi connectivity index (χ1v) is 14.8. The number of carbonyl (C=O) groups excluding carboxylic acids is 2. The summed E-state index contributed by atoms with van der Waals surface area (Å²) < 4.78 is 0. The van der Waals surface area contributed by atoms with E-state index in [2.05, 4.69) is 23.5 Å². The third kappa shape index (κ3) is 36.6. The van der Waals surface area contributed by atoms with Crippen molar-refractivity contribution in [3.63, 3.8) is 0 Å². The first-order chi connectivity index (χ1) is 19.9. The van der Waals surface area contributed by atoms with E-state index in [9.17, 15) is 34.8 Å². The van der Waals surface area contributed by atoms with Gasteiger partial charge in [0.25, 0.3) is 0 Å². The van der Waals surface area contributed by atoms with Crippen molar-refractivity contribution in [2.24, 2.45) is 4.99 Å². The second kappa shape index (κ2) is 31.9. The predicted octanol–water partition coefficient (Wildman–Crippen LogP) is 0.635. The zero-order valence-electron chi connectivity index (χ0n) is 26.4. The zero-order chi connectivity index (χ0) is 32.2. The Bertz CT molecular complexity index is 781. The molecular weight excluding hydrogens is 584 g/mol. The summed E-state index contributed by atoms with van der Waals surface area (Å²) in [4.78, 5) is 40.0. The van der Waals surface area contributed by atoms with Crippen LogP contribution in [0, 0.1) is 0 Å². The molecule has 0 aromatic heterocycles. The molecule has 4 N–H and O–H groups in total. The van der Waals surface area contributed by atoms with Gasteiger partial charge in [0.15, 0.2) is 0 Å². The van der Waals surface area contributed by atoms with Gasteiger partial charge in [0.2, 0.25) is 5.91 Å². The van der Waals surface area contributed by atoms with Gasteiger partial charge in [0, 0.05) is 38.6 Å². The van der Waals surface area contributed by atoms with Gasteiger partial charge in [-0.05, 0) is 71.1 Å². The van der Waals surface area contributed by atoms with Crippen LogP contribution in [0.3, 0.4) is 0 Å². The normalized spacial score (nSPS) is 12.5. The Kier molecular flexibility index (Phi) is 34.0. The number of carbonyl (C=O) groups is 3. The fourth-order valence-corrected chi connectivity index (χ4v) is 3.74. The molecule has 0 radical (unpaired) electrons. The number of amides is 1. The molecule has 244 valence electrons. The zero-order valence-corrected chi connectivity index (χ0v) is 28.6. The Morgan fingerprint density at radius 2 is 1.33 bits per heavy atom. The van der Waals surface area contributed by atoms with E-state index in [-0.39, 0.29) is 88.8 Å². The number of nitrogens with zero attached hydrogens (tertiary/aromatic N) is 3. The first-order valence-electron chi connectivity index (χ1n) is 14.8. The standard InChI is InChI=1S/2C15H28N2O4.Ca/c2*1-3-4-5-6-7-8-14(19)16-12-17(11-13(2)18)10-9-15(20)21;/h2*3,13,18H,1,4-12H2,2H3,(H,16,19)(H,20,21);/q;;+2/p-2. The van der Waals surface area contributed by atoms with Crippen molar-refractivity contribution in [3.05, 3.63) is 25.3 Å². The quantitative estimate of drug-likeness (QED) is 0.0261. The number of hydrogen-bond acceptors (Lipinski definition) is 10. The molecule has 0 saturated carbocycles. The number of nitrogens with one attached hydrogen (secondary N) is 1. The predicted molar refractivity (Wildman–Crippen MR) is 166 cm³/mol. The van der Waals surface area contributed by atoms with Gasteiger partial charge < -0.3 is 35.6 Å². The number of aliphatic hydroxyl groups excluding tert-OH is 2. The molecule has 13 heteroatoms. The topological polar surface area (TPSA) is 189 Å². The largest absolute Gasteiger partial charge is 2.00 e. The molecule has 0 aliphatic rings. The van der Waals surface area contributed by atoms with Gasteiger partial charge >= 0.3 is 43.7 Å². The second-order valence-corrected chi connectivity index (χ2v) is 10.3. The molecule has 2 atom stereocenters. The van der Waals surface area contributed by atoms with Crippen LogP contribution in [0.15, 0.2) is 30.3 Å². The average Bonchev–Trinajstić information content (AvgIpc) is 2.91. The SMILES string of the molecule is C=CCCCCCC(=O)NCN(CCC(=O)O)CC(C)O.C=CCCCCCC([O-])=NCN(CCC(=O)[O-])CC(C)O.[Ca+2]. The monoisotopic (exact) mass is 638 g/mol. The Hall–Kier alpha value is -1.54. The third-order valence-electron chi connectivity index (χ3n) is 5.88. The van der Waals surface area contributed by atoms with Crippen molar-refractivity contribution in [3.8, 4) is 0 Å². The van der Waals surface area contributed by atoms with Gasteiger partial charge in [0.1, 0.15) is 0 Å². The summed E-state index contributed by atoms with van der Waals surface area (Å²) in [6, 6.07) is 0. The van der Waals surface area contributed by atoms with Crippen LogP contribution in [-0.2, 0) is 14.4 Å². The van der Waals surface area contributed by atoms with Crippen LogP contribution in [0.5, 0.6) is 0 Å². The molecule has 0 bridgehead atoms. The molecule has 0 heterocycles. The van der Waals surface area contributed by atoms with E-state index >= 15 is 0 Å². The summed E-state index contributed by atoms with van der Waals surface area (Å²) in [5.41, 5.74) is 0. The minimum Gasteiger partial charge on any atom is -0.862 e. The molecule has 2 unspecified atom stereocenters. The van der Waals surface area contributed by atoms with E-state index < -0.39 is 24.1 Å². The van der Waals surface area contributed by atoms with Gasteiger partial charge in [-0.25, -0.2) is 0 Å². The Balaban J connectivity index is -0.000000727. The van der Waals surface area contributed by atoms with E-state index in [1.807, 2.05) is 12.2 Å². The molecule has 0 spiro atoms. The molecule has 0 aromatic rings. The first kappa shape index (κ1) is 45.9. The Labute approximate surface area is 287 Å². The number of allylic oxidation sites excluding steroid dienone is 2. The van der Waals surface area contributed by atoms with Crippen molar-refractivity contribution in [1.29, 1.82) is 0 Å². The molecule has 0 saturated heterocycles. The number of rotatable bonds is 26. The van der Waals surface area contributed by atoms with Crippen LogP contribution in [0.4, 0.5) is 0 Å². The summed E-state index contributed by atoms with van der Waals surface area (Å²) in [7, 11) is 0. The van der Waals surface area contributed by atoms with Gasteiger partial charge in [-0.3, -0.25) is 24.4 Å². The van der Waals surface area contributed by atoms with Crippen LogP contribution < -0.4 is 15.5 Å². The summed E-state index contributed by atoms with van der Waals surface area (Å²) in [5.74, 6) is -2.27. The minimum atomic E-state index is -1.15. The van der Waals surface area contributed by atoms with Crippen molar-refractivity contribution in [2.75, 3.05) is 39.5 Å². The number of unbranched alkanes of at least 4 members (excludes halogenated alkanes) is 6. The molecule has 12 nitrogen and oxygen atoms in total. The van der Waals surface area contributed by atoms with Crippen molar-refractivity contribution in [1.82, 2.24) is 15.1 Å². The number of aliphatic hydroxyl groups is 2. The van der Waals surface area contributed by atoms with Crippen LogP contribution >= 0.6 is 0 Å². The molecule has 0 aliphatic heterocycles. The van der Waals surface area contributed by atoms with Crippen molar-refractivity contribution in [2.45, 2.75) is 103 Å². The summed E-state index contributed by atoms with van der Waals surface area (Å²) >= 11 is 0. The van der Waals surface area contributed by atoms with Gasteiger partial charge in [-0.15, -0.1) is 13.2 Å². The van der Waals surface area contributed by atoms with E-state index in [4.69, 9.17) is 5.11 Å². The molecular formula is C30H54CaN4O8. The molecule has 1 amide bonds. The fraction of sp³-hybridized carbons (Fsp3) is 0.733. The summed E-state index contributed by atoms with van der Waals surface area (Å²) in [6.45, 7) is 12.0. The maximum Gasteiger partial charge on any atom is 2.00 e. The molecule has 0 aliphatic carbocycles. The van der Waals surface area contributed by atoms with Crippen LogP contribution in [0.25, 0.3) is 0 Å². The number of carboxylic acid groups (broad SMARTS) is 2. The Morgan fingerprint density at radius 3 is 1.81 bits per heavy atom. The van der Waals surface area contributed by atoms with Gasteiger partial charge in [0.05, 0.1) is 32.0 Å². The maximum absolute atomic E-state index is 11.7. The van der Waals surface area contributed by atoms with Crippen molar-refractivity contribution < 1.29 is 39.9 Å². The van der Waals surface area contributed by atoms with Crippen LogP contribution in [-0.4, -0.2) is 138 Å². The van der Waals surface area contributed by atoms with Crippen LogP contribution in [0.1, 0.15) is 90.9 Å². The maximum atomic E-state index is 11.7. The van der Waals surface area contributed by atoms with Gasteiger partial charge in [-0.2, -0.15) is 0 Å². The number of aliphatic carboxylic acids is 2. The van der Waals surface area contributed by atoms with E-state index in [0.29, 0.717) is 25.9 Å². The molecule has 0 fully saturated rings. The second-order valence-electron chi connectivity index (χ2n) is 10.3. The molecule has 0 aromatic carbocycles. The number of hydrogen-bond donors (Lipinski definition) is 4. The van der Waals surface area contributed by atoms with E-state index in [0.717, 1.165) is 51.4 Å². The van der Waals surface area contributed by atoms with Crippen molar-refractivity contribution >= 4 is 61.5 Å². The molecule has 43 heavy (non-hydrogen) atoms. The van der Waals surface area contributed by atoms with Gasteiger partial charge in [-0.1, -0.05) is 25.0 Å². The Morgan fingerprint density at radius 1 is 0.814 bits per heavy atom. The van der Waals surface area contributed by atoms with Crippen LogP contribution in [0.2, 0.25) is 0 Å². The fourth-order valence-electron chi connectivity index (χ4n) is 3.74. The molecule has 0 rings (SSSR count). The van der Waals surface area contributed by atoms with E-state index in [1.165, 1.54) is 0 Å². The summed E-state index contributed by atoms with van der Waals surface area (Å²) in [6.07, 6.45) is 10.9. The van der Waals surface area contributed by atoms with E-state index in [1.54, 1.807) is 23.6 Å². The summed E-state index contributed by atoms with van der Waals surface area (Å²) in [5, 5.41) is 52.2. The smallest absolute Gasteiger partial charge is 0.862 e.